The van der Waals surface area contributed by atoms with E-state index in [2.05, 4.69) is 4.98 Å². The molecule has 1 amide bonds. The molecule has 21 heavy (non-hydrogen) atoms. The van der Waals surface area contributed by atoms with Crippen molar-refractivity contribution >= 4 is 17.5 Å². The van der Waals surface area contributed by atoms with Crippen molar-refractivity contribution in [3.63, 3.8) is 0 Å². The Morgan fingerprint density at radius 3 is 3.05 bits per heavy atom. The number of nitrogens with zero attached hydrogens (tertiary/aromatic N) is 2. The molecule has 5 heteroatoms. The maximum absolute atomic E-state index is 12.5. The maximum atomic E-state index is 12.5. The van der Waals surface area contributed by atoms with Crippen molar-refractivity contribution < 1.29 is 9.53 Å². The highest BCUT2D eigenvalue weighted by atomic mass is 35.5. The van der Waals surface area contributed by atoms with Gasteiger partial charge in [0.1, 0.15) is 11.5 Å². The number of aromatic nitrogens is 1. The third-order valence-electron chi connectivity index (χ3n) is 4.20. The quantitative estimate of drug-likeness (QED) is 0.750. The zero-order valence-corrected chi connectivity index (χ0v) is 12.2. The van der Waals surface area contributed by atoms with Gasteiger partial charge in [0.05, 0.1) is 11.6 Å². The number of rotatable bonds is 0. The fourth-order valence-corrected chi connectivity index (χ4v) is 3.39. The van der Waals surface area contributed by atoms with Crippen LogP contribution in [0, 0.1) is 0 Å². The highest BCUT2D eigenvalue weighted by molar-refractivity contribution is 6.30. The Hall–Kier alpha value is -2.07. The molecule has 2 aromatic rings. The molecule has 0 saturated carbocycles. The number of ether oxygens (including phenoxy) is 1. The number of carbonyl (C=O) groups is 1. The molecule has 0 bridgehead atoms. The fourth-order valence-electron chi connectivity index (χ4n) is 3.23. The van der Waals surface area contributed by atoms with Crippen LogP contribution in [0.25, 0.3) is 0 Å². The molecule has 1 aromatic carbocycles. The minimum absolute atomic E-state index is 0.0471. The third kappa shape index (κ3) is 1.83. The SMILES string of the molecule is CN1C[C@H]2c3ccc(Cl)cc3Oc3cccnc3[C@H]2C1=O. The fraction of sp³-hybridized carbons (Fsp3) is 0.250. The van der Waals surface area contributed by atoms with Gasteiger partial charge in [-0.2, -0.15) is 0 Å². The molecule has 106 valence electrons. The smallest absolute Gasteiger partial charge is 0.232 e. The molecular weight excluding hydrogens is 288 g/mol. The van der Waals surface area contributed by atoms with Gasteiger partial charge in [0, 0.05) is 36.3 Å². The van der Waals surface area contributed by atoms with Crippen molar-refractivity contribution in [1.29, 1.82) is 0 Å². The summed E-state index contributed by atoms with van der Waals surface area (Å²) in [4.78, 5) is 18.7. The number of likely N-dealkylation sites (tertiary alicyclic amines) is 1. The van der Waals surface area contributed by atoms with Gasteiger partial charge in [0.2, 0.25) is 5.91 Å². The number of carbonyl (C=O) groups excluding carboxylic acids is 1. The summed E-state index contributed by atoms with van der Waals surface area (Å²) in [6.07, 6.45) is 1.70. The Morgan fingerprint density at radius 1 is 1.33 bits per heavy atom. The van der Waals surface area contributed by atoms with Crippen molar-refractivity contribution in [2.24, 2.45) is 0 Å². The van der Waals surface area contributed by atoms with E-state index in [1.165, 1.54) is 0 Å². The van der Waals surface area contributed by atoms with Crippen LogP contribution in [0.1, 0.15) is 23.1 Å². The van der Waals surface area contributed by atoms with E-state index in [1.54, 1.807) is 17.2 Å². The van der Waals surface area contributed by atoms with Gasteiger partial charge in [0.25, 0.3) is 0 Å². The molecule has 0 N–H and O–H groups in total. The molecule has 4 nitrogen and oxygen atoms in total. The number of fused-ring (bicyclic) bond motifs is 5. The van der Waals surface area contributed by atoms with E-state index in [0.717, 1.165) is 5.56 Å². The van der Waals surface area contributed by atoms with Crippen LogP contribution in [0.3, 0.4) is 0 Å². The van der Waals surface area contributed by atoms with Crippen LogP contribution in [-0.4, -0.2) is 29.4 Å². The molecule has 0 unspecified atom stereocenters. The van der Waals surface area contributed by atoms with Crippen molar-refractivity contribution in [3.8, 4) is 11.5 Å². The predicted molar refractivity (Wildman–Crippen MR) is 78.9 cm³/mol. The van der Waals surface area contributed by atoms with E-state index in [-0.39, 0.29) is 17.7 Å². The lowest BCUT2D eigenvalue weighted by molar-refractivity contribution is -0.127. The van der Waals surface area contributed by atoms with E-state index in [0.29, 0.717) is 28.8 Å². The third-order valence-corrected chi connectivity index (χ3v) is 4.44. The summed E-state index contributed by atoms with van der Waals surface area (Å²) in [6.45, 7) is 0.664. The van der Waals surface area contributed by atoms with E-state index in [1.807, 2.05) is 31.3 Å². The second-order valence-electron chi connectivity index (χ2n) is 5.47. The van der Waals surface area contributed by atoms with E-state index in [4.69, 9.17) is 16.3 Å². The molecular formula is C16H13ClN2O2. The molecule has 0 spiro atoms. The van der Waals surface area contributed by atoms with Gasteiger partial charge in [-0.3, -0.25) is 9.78 Å². The molecule has 2 aliphatic heterocycles. The second kappa shape index (κ2) is 4.46. The number of halogens is 1. The second-order valence-corrected chi connectivity index (χ2v) is 5.91. The Bertz CT molecular complexity index is 747. The van der Waals surface area contributed by atoms with Crippen LogP contribution >= 0.6 is 11.6 Å². The summed E-state index contributed by atoms with van der Waals surface area (Å²) in [7, 11) is 1.83. The minimum atomic E-state index is -0.284. The predicted octanol–water partition coefficient (Wildman–Crippen LogP) is 3.18. The molecule has 1 saturated heterocycles. The minimum Gasteiger partial charge on any atom is -0.455 e. The molecule has 3 heterocycles. The zero-order chi connectivity index (χ0) is 14.6. The normalized spacial score (nSPS) is 23.0. The van der Waals surface area contributed by atoms with Gasteiger partial charge in [0.15, 0.2) is 0 Å². The van der Waals surface area contributed by atoms with Gasteiger partial charge in [-0.1, -0.05) is 17.7 Å². The molecule has 4 rings (SSSR count). The number of hydrogen-bond donors (Lipinski definition) is 0. The zero-order valence-electron chi connectivity index (χ0n) is 11.4. The molecule has 1 fully saturated rings. The Kier molecular flexibility index (Phi) is 2.69. The molecule has 2 atom stereocenters. The van der Waals surface area contributed by atoms with Crippen molar-refractivity contribution in [2.75, 3.05) is 13.6 Å². The summed E-state index contributed by atoms with van der Waals surface area (Å²) in [6, 6.07) is 9.26. The monoisotopic (exact) mass is 300 g/mol. The van der Waals surface area contributed by atoms with E-state index >= 15 is 0 Å². The first kappa shape index (κ1) is 12.7. The molecule has 1 aromatic heterocycles. The van der Waals surface area contributed by atoms with Gasteiger partial charge >= 0.3 is 0 Å². The Balaban J connectivity index is 1.98. The molecule has 0 radical (unpaired) electrons. The lowest BCUT2D eigenvalue weighted by Crippen LogP contribution is -2.22. The summed E-state index contributed by atoms with van der Waals surface area (Å²) in [5.41, 5.74) is 1.73. The van der Waals surface area contributed by atoms with Gasteiger partial charge < -0.3 is 9.64 Å². The standard InChI is InChI=1S/C16H13ClN2O2/c1-19-8-11-10-5-4-9(17)7-13(10)21-12-3-2-6-18-15(12)14(11)16(19)20/h2-7,11,14H,8H2,1H3/t11-,14-/m0/s1. The summed E-state index contributed by atoms with van der Waals surface area (Å²) < 4.78 is 5.99. The van der Waals surface area contributed by atoms with Crippen molar-refractivity contribution in [1.82, 2.24) is 9.88 Å². The van der Waals surface area contributed by atoms with E-state index < -0.39 is 0 Å². The lowest BCUT2D eigenvalue weighted by atomic mass is 9.86. The van der Waals surface area contributed by atoms with Crippen LogP contribution in [-0.2, 0) is 4.79 Å². The first-order valence-electron chi connectivity index (χ1n) is 6.82. The van der Waals surface area contributed by atoms with Crippen LogP contribution in [0.5, 0.6) is 11.5 Å². The Labute approximate surface area is 127 Å². The summed E-state index contributed by atoms with van der Waals surface area (Å²) in [5, 5.41) is 0.621. The van der Waals surface area contributed by atoms with Crippen LogP contribution in [0.15, 0.2) is 36.5 Å². The number of pyridine rings is 1. The van der Waals surface area contributed by atoms with E-state index in [9.17, 15) is 4.79 Å². The Morgan fingerprint density at radius 2 is 2.19 bits per heavy atom. The van der Waals surface area contributed by atoms with Crippen LogP contribution < -0.4 is 4.74 Å². The molecule has 0 aliphatic carbocycles. The van der Waals surface area contributed by atoms with Crippen molar-refractivity contribution in [2.45, 2.75) is 11.8 Å². The lowest BCUT2D eigenvalue weighted by Gasteiger charge is -2.14. The first-order chi connectivity index (χ1) is 10.1. The number of amides is 1. The maximum Gasteiger partial charge on any atom is 0.232 e. The summed E-state index contributed by atoms with van der Waals surface area (Å²) >= 11 is 6.08. The highest BCUT2D eigenvalue weighted by Gasteiger charge is 2.45. The summed E-state index contributed by atoms with van der Waals surface area (Å²) in [5.74, 6) is 1.20. The molecule has 2 aliphatic rings. The average molecular weight is 301 g/mol. The number of hydrogen-bond acceptors (Lipinski definition) is 3. The average Bonchev–Trinajstić information content (AvgIpc) is 2.68. The van der Waals surface area contributed by atoms with Crippen LogP contribution in [0.2, 0.25) is 5.02 Å². The van der Waals surface area contributed by atoms with Crippen molar-refractivity contribution in [3.05, 3.63) is 52.8 Å². The number of likely N-dealkylation sites (N-methyl/N-ethyl adjacent to an activating group) is 1. The van der Waals surface area contributed by atoms with Gasteiger partial charge in [-0.25, -0.2) is 0 Å². The highest BCUT2D eigenvalue weighted by Crippen LogP contribution is 2.49. The topological polar surface area (TPSA) is 42.4 Å². The van der Waals surface area contributed by atoms with Gasteiger partial charge in [-0.05, 0) is 24.3 Å². The van der Waals surface area contributed by atoms with Crippen LogP contribution in [0.4, 0.5) is 0 Å². The van der Waals surface area contributed by atoms with Gasteiger partial charge in [-0.15, -0.1) is 0 Å². The largest absolute Gasteiger partial charge is 0.455 e. The number of benzene rings is 1. The first-order valence-corrected chi connectivity index (χ1v) is 7.20.